The highest BCUT2D eigenvalue weighted by Crippen LogP contribution is 2.29. The first-order valence-corrected chi connectivity index (χ1v) is 9.62. The van der Waals surface area contributed by atoms with Crippen LogP contribution < -0.4 is 15.8 Å². The molecule has 0 saturated carbocycles. The number of rotatable bonds is 6. The van der Waals surface area contributed by atoms with Crippen molar-refractivity contribution in [2.75, 3.05) is 11.1 Å². The maximum absolute atomic E-state index is 10.8. The van der Waals surface area contributed by atoms with Crippen molar-refractivity contribution in [3.8, 4) is 11.4 Å². The van der Waals surface area contributed by atoms with Crippen LogP contribution >= 0.6 is 11.6 Å². The average Bonchev–Trinajstić information content (AvgIpc) is 2.62. The Morgan fingerprint density at radius 2 is 1.89 bits per heavy atom. The molecule has 0 aliphatic carbocycles. The lowest BCUT2D eigenvalue weighted by molar-refractivity contribution is 0.601. The second kappa shape index (κ2) is 8.42. The maximum Gasteiger partial charge on any atom is 0.223 e. The van der Waals surface area contributed by atoms with Crippen molar-refractivity contribution in [1.29, 1.82) is 0 Å². The number of aryl methyl sites for hydroxylation is 2. The third-order valence-electron chi connectivity index (χ3n) is 3.71. The summed E-state index contributed by atoms with van der Waals surface area (Å²) >= 11 is 6.10. The van der Waals surface area contributed by atoms with Crippen LogP contribution in [0.5, 0.6) is 0 Å². The monoisotopic (exact) mass is 420 g/mol. The quantitative estimate of drug-likeness (QED) is 0.435. The summed E-state index contributed by atoms with van der Waals surface area (Å²) < 4.78 is 23.9. The summed E-state index contributed by atoms with van der Waals surface area (Å²) in [5.41, 5.74) is 8.30. The highest BCUT2D eigenvalue weighted by Gasteiger charge is 2.13. The van der Waals surface area contributed by atoms with Crippen LogP contribution in [0, 0.1) is 13.8 Å². The molecule has 3 rings (SSSR count). The molecule has 12 heteroatoms. The SMILES string of the molecule is Cc1nc(N)nc(-c2cc(Cl)cnc2Nc2cnc(C)c(CN[SH](=O)=O)c2)n1. The van der Waals surface area contributed by atoms with Gasteiger partial charge in [-0.2, -0.15) is 9.97 Å². The van der Waals surface area contributed by atoms with Gasteiger partial charge in [-0.1, -0.05) is 11.6 Å². The van der Waals surface area contributed by atoms with Crippen LogP contribution in [0.2, 0.25) is 5.02 Å². The van der Waals surface area contributed by atoms with Crippen LogP contribution in [0.3, 0.4) is 0 Å². The minimum Gasteiger partial charge on any atom is -0.368 e. The van der Waals surface area contributed by atoms with Crippen molar-refractivity contribution in [1.82, 2.24) is 29.6 Å². The van der Waals surface area contributed by atoms with Crippen molar-refractivity contribution < 1.29 is 8.42 Å². The number of pyridine rings is 2. The molecule has 3 heterocycles. The summed E-state index contributed by atoms with van der Waals surface area (Å²) in [6.45, 7) is 3.63. The first-order valence-electron chi connectivity index (χ1n) is 8.06. The Labute approximate surface area is 167 Å². The third kappa shape index (κ3) is 4.88. The van der Waals surface area contributed by atoms with Gasteiger partial charge in [-0.3, -0.25) is 4.98 Å². The predicted molar refractivity (Wildman–Crippen MR) is 107 cm³/mol. The normalized spacial score (nSPS) is 11.0. The van der Waals surface area contributed by atoms with Gasteiger partial charge < -0.3 is 11.1 Å². The molecule has 146 valence electrons. The molecule has 0 atom stereocenters. The molecule has 0 spiro atoms. The van der Waals surface area contributed by atoms with Crippen LogP contribution in [-0.4, -0.2) is 33.3 Å². The van der Waals surface area contributed by atoms with Gasteiger partial charge in [-0.25, -0.2) is 23.1 Å². The zero-order chi connectivity index (χ0) is 20.3. The number of nitrogens with two attached hydrogens (primary N) is 1. The number of nitrogens with zero attached hydrogens (tertiary/aromatic N) is 5. The Morgan fingerprint density at radius 3 is 2.61 bits per heavy atom. The van der Waals surface area contributed by atoms with Crippen molar-refractivity contribution in [3.05, 3.63) is 46.6 Å². The maximum atomic E-state index is 10.8. The highest BCUT2D eigenvalue weighted by atomic mass is 35.5. The van der Waals surface area contributed by atoms with Gasteiger partial charge in [0.2, 0.25) is 16.8 Å². The lowest BCUT2D eigenvalue weighted by atomic mass is 10.2. The molecule has 3 aromatic rings. The standard InChI is InChI=1S/C16H17ClN8O2S/c1-8-10(5-21-28(26)27)3-12(7-19-8)24-14-13(4-11(17)6-20-14)15-22-9(2)23-16(18)25-15/h3-4,6-7,28H,5H2,1-2H3,(H,20,24)(H,21,26,27)(H2,18,22,23,25). The minimum atomic E-state index is -2.70. The number of aromatic nitrogens is 5. The third-order valence-corrected chi connectivity index (χ3v) is 4.34. The summed E-state index contributed by atoms with van der Waals surface area (Å²) in [5.74, 6) is 1.32. The molecule has 0 aliphatic rings. The Kier molecular flexibility index (Phi) is 5.97. The predicted octanol–water partition coefficient (Wildman–Crippen LogP) is 1.54. The second-order valence-corrected chi connectivity index (χ2v) is 7.07. The van der Waals surface area contributed by atoms with Crippen LogP contribution in [0.15, 0.2) is 24.5 Å². The summed E-state index contributed by atoms with van der Waals surface area (Å²) in [6.07, 6.45) is 3.10. The van der Waals surface area contributed by atoms with Gasteiger partial charge in [0.25, 0.3) is 0 Å². The van der Waals surface area contributed by atoms with Gasteiger partial charge >= 0.3 is 0 Å². The second-order valence-electron chi connectivity index (χ2n) is 5.80. The zero-order valence-corrected chi connectivity index (χ0v) is 16.6. The topological polar surface area (TPSA) is 149 Å². The molecule has 0 saturated heterocycles. The molecule has 0 amide bonds. The van der Waals surface area contributed by atoms with Gasteiger partial charge in [0.1, 0.15) is 11.6 Å². The van der Waals surface area contributed by atoms with E-state index in [4.69, 9.17) is 17.3 Å². The number of anilines is 3. The van der Waals surface area contributed by atoms with E-state index in [1.165, 1.54) is 6.20 Å². The summed E-state index contributed by atoms with van der Waals surface area (Å²) in [4.78, 5) is 21.0. The van der Waals surface area contributed by atoms with Crippen molar-refractivity contribution in [2.24, 2.45) is 0 Å². The molecular weight excluding hydrogens is 404 g/mol. The largest absolute Gasteiger partial charge is 0.368 e. The lowest BCUT2D eigenvalue weighted by Crippen LogP contribution is -2.12. The fourth-order valence-electron chi connectivity index (χ4n) is 2.44. The molecule has 3 aromatic heterocycles. The Hall–Kier alpha value is -2.89. The lowest BCUT2D eigenvalue weighted by Gasteiger charge is -2.13. The number of nitrogens with one attached hydrogen (secondary N) is 2. The zero-order valence-electron chi connectivity index (χ0n) is 15.0. The first kappa shape index (κ1) is 19.9. The molecular formula is C16H17ClN8O2S. The molecule has 0 fully saturated rings. The molecule has 0 aromatic carbocycles. The smallest absolute Gasteiger partial charge is 0.223 e. The minimum absolute atomic E-state index is 0.0884. The number of hydrogen-bond acceptors (Lipinski definition) is 9. The molecule has 28 heavy (non-hydrogen) atoms. The van der Waals surface area contributed by atoms with Crippen LogP contribution in [-0.2, 0) is 17.4 Å². The van der Waals surface area contributed by atoms with Gasteiger partial charge in [-0.15, -0.1) is 0 Å². The van der Waals surface area contributed by atoms with E-state index in [1.54, 1.807) is 32.2 Å². The van der Waals surface area contributed by atoms with E-state index < -0.39 is 10.9 Å². The summed E-state index contributed by atoms with van der Waals surface area (Å²) in [5, 5.41) is 3.55. The first-order chi connectivity index (χ1) is 13.3. The summed E-state index contributed by atoms with van der Waals surface area (Å²) in [6, 6.07) is 3.44. The van der Waals surface area contributed by atoms with E-state index in [0.29, 0.717) is 39.4 Å². The highest BCUT2D eigenvalue weighted by molar-refractivity contribution is 7.70. The Morgan fingerprint density at radius 1 is 1.11 bits per heavy atom. The van der Waals surface area contributed by atoms with Crippen LogP contribution in [0.1, 0.15) is 17.1 Å². The molecule has 0 aliphatic heterocycles. The van der Waals surface area contributed by atoms with Crippen molar-refractivity contribution >= 4 is 39.9 Å². The number of halogens is 1. The molecule has 0 radical (unpaired) electrons. The van der Waals surface area contributed by atoms with E-state index in [9.17, 15) is 8.42 Å². The molecule has 4 N–H and O–H groups in total. The van der Waals surface area contributed by atoms with Crippen LogP contribution in [0.4, 0.5) is 17.5 Å². The van der Waals surface area contributed by atoms with E-state index in [2.05, 4.69) is 35.0 Å². The average molecular weight is 421 g/mol. The van der Waals surface area contributed by atoms with E-state index in [0.717, 1.165) is 5.56 Å². The van der Waals surface area contributed by atoms with E-state index in [-0.39, 0.29) is 12.5 Å². The van der Waals surface area contributed by atoms with Crippen molar-refractivity contribution in [3.63, 3.8) is 0 Å². The van der Waals surface area contributed by atoms with E-state index >= 15 is 0 Å². The van der Waals surface area contributed by atoms with Gasteiger partial charge in [0, 0.05) is 18.4 Å². The number of hydrogen-bond donors (Lipinski definition) is 4. The van der Waals surface area contributed by atoms with Gasteiger partial charge in [-0.05, 0) is 31.5 Å². The number of nitrogen functional groups attached to an aromatic ring is 1. The number of thiol groups is 1. The fourth-order valence-corrected chi connectivity index (χ4v) is 2.90. The van der Waals surface area contributed by atoms with Crippen molar-refractivity contribution in [2.45, 2.75) is 20.4 Å². The van der Waals surface area contributed by atoms with Crippen LogP contribution in [0.25, 0.3) is 11.4 Å². The van der Waals surface area contributed by atoms with Gasteiger partial charge in [0.15, 0.2) is 5.82 Å². The van der Waals surface area contributed by atoms with E-state index in [1.807, 2.05) is 0 Å². The fraction of sp³-hybridized carbons (Fsp3) is 0.188. The Balaban J connectivity index is 1.98. The van der Waals surface area contributed by atoms with Gasteiger partial charge in [0.05, 0.1) is 22.5 Å². The summed E-state index contributed by atoms with van der Waals surface area (Å²) in [7, 11) is -2.70. The molecule has 0 bridgehead atoms. The molecule has 0 unspecified atom stereocenters. The molecule has 10 nitrogen and oxygen atoms in total. The Bertz CT molecular complexity index is 1080.